The molecule has 23 heavy (non-hydrogen) atoms. The van der Waals surface area contributed by atoms with Crippen LogP contribution in [0.3, 0.4) is 0 Å². The van der Waals surface area contributed by atoms with E-state index in [0.717, 1.165) is 36.7 Å². The average molecular weight is 320 g/mol. The van der Waals surface area contributed by atoms with E-state index in [9.17, 15) is 18.0 Å². The second-order valence-corrected chi connectivity index (χ2v) is 5.40. The molecule has 3 rings (SSSR count). The van der Waals surface area contributed by atoms with Gasteiger partial charge in [0.25, 0.3) is 5.91 Å². The van der Waals surface area contributed by atoms with E-state index in [-0.39, 0.29) is 5.56 Å². The van der Waals surface area contributed by atoms with Gasteiger partial charge in [-0.3, -0.25) is 4.79 Å². The molecule has 0 spiro atoms. The van der Waals surface area contributed by atoms with E-state index < -0.39 is 17.6 Å². The van der Waals surface area contributed by atoms with Crippen LogP contribution >= 0.6 is 0 Å². The molecule has 2 aromatic rings. The molecule has 1 aliphatic heterocycles. The van der Waals surface area contributed by atoms with Crippen molar-refractivity contribution in [2.24, 2.45) is 0 Å². The Morgan fingerprint density at radius 1 is 1.13 bits per heavy atom. The minimum Gasteiger partial charge on any atom is -0.385 e. The summed E-state index contributed by atoms with van der Waals surface area (Å²) in [5.41, 5.74) is 1.21. The zero-order valence-electron chi connectivity index (χ0n) is 12.2. The molecule has 0 aliphatic carbocycles. The lowest BCUT2D eigenvalue weighted by molar-refractivity contribution is -0.137. The van der Waals surface area contributed by atoms with E-state index in [1.54, 1.807) is 12.1 Å². The number of carbonyl (C=O) groups excluding carboxylic acids is 1. The van der Waals surface area contributed by atoms with Gasteiger partial charge in [0, 0.05) is 17.9 Å². The first kappa shape index (κ1) is 15.4. The number of alkyl halides is 3. The number of aryl methyl sites for hydroxylation is 1. The molecule has 0 saturated carbocycles. The SMILES string of the molecule is O=C(Nc1ccc2c(c1)NCCC2)c1ccccc1C(F)(F)F. The molecule has 3 nitrogen and oxygen atoms in total. The molecule has 0 saturated heterocycles. The maximum absolute atomic E-state index is 13.0. The van der Waals surface area contributed by atoms with Crippen molar-refractivity contribution in [1.82, 2.24) is 0 Å². The highest BCUT2D eigenvalue weighted by molar-refractivity contribution is 6.05. The number of benzene rings is 2. The average Bonchev–Trinajstić information content (AvgIpc) is 2.54. The van der Waals surface area contributed by atoms with Crippen LogP contribution in [0, 0.1) is 0 Å². The fourth-order valence-electron chi connectivity index (χ4n) is 2.67. The first-order chi connectivity index (χ1) is 10.9. The lowest BCUT2D eigenvalue weighted by atomic mass is 10.0. The summed E-state index contributed by atoms with van der Waals surface area (Å²) in [6, 6.07) is 10.1. The fraction of sp³-hybridized carbons (Fsp3) is 0.235. The Balaban J connectivity index is 1.85. The minimum absolute atomic E-state index is 0.384. The van der Waals surface area contributed by atoms with Crippen molar-refractivity contribution in [2.45, 2.75) is 19.0 Å². The summed E-state index contributed by atoms with van der Waals surface area (Å²) in [6.45, 7) is 0.849. The van der Waals surface area contributed by atoms with Crippen molar-refractivity contribution >= 4 is 17.3 Å². The van der Waals surface area contributed by atoms with Gasteiger partial charge in [-0.15, -0.1) is 0 Å². The Bertz CT molecular complexity index is 741. The molecule has 0 bridgehead atoms. The molecule has 0 atom stereocenters. The summed E-state index contributed by atoms with van der Waals surface area (Å²) in [5, 5.41) is 5.76. The molecule has 1 heterocycles. The lowest BCUT2D eigenvalue weighted by Gasteiger charge is -2.19. The predicted molar refractivity (Wildman–Crippen MR) is 82.6 cm³/mol. The standard InChI is InChI=1S/C17H15F3N2O/c18-17(19,20)14-6-2-1-5-13(14)16(23)22-12-8-7-11-4-3-9-21-15(11)10-12/h1-2,5-8,10,21H,3-4,9H2,(H,22,23). The number of nitrogens with one attached hydrogen (secondary N) is 2. The first-order valence-corrected chi connectivity index (χ1v) is 7.29. The number of anilines is 2. The Hall–Kier alpha value is -2.50. The highest BCUT2D eigenvalue weighted by atomic mass is 19.4. The summed E-state index contributed by atoms with van der Waals surface area (Å²) >= 11 is 0. The zero-order valence-corrected chi connectivity index (χ0v) is 12.2. The molecular weight excluding hydrogens is 305 g/mol. The smallest absolute Gasteiger partial charge is 0.385 e. The van der Waals surface area contributed by atoms with Crippen LogP contribution in [0.4, 0.5) is 24.5 Å². The van der Waals surface area contributed by atoms with Crippen molar-refractivity contribution in [3.05, 3.63) is 59.2 Å². The van der Waals surface area contributed by atoms with E-state index >= 15 is 0 Å². The van der Waals surface area contributed by atoms with Crippen molar-refractivity contribution in [1.29, 1.82) is 0 Å². The maximum Gasteiger partial charge on any atom is 0.417 e. The van der Waals surface area contributed by atoms with Crippen LogP contribution in [0.5, 0.6) is 0 Å². The van der Waals surface area contributed by atoms with Crippen molar-refractivity contribution in [2.75, 3.05) is 17.2 Å². The van der Waals surface area contributed by atoms with Gasteiger partial charge in [0.2, 0.25) is 0 Å². The van der Waals surface area contributed by atoms with Crippen LogP contribution in [0.2, 0.25) is 0 Å². The summed E-state index contributed by atoms with van der Waals surface area (Å²) in [7, 11) is 0. The van der Waals surface area contributed by atoms with E-state index in [1.807, 2.05) is 6.07 Å². The Labute approximate surface area is 131 Å². The monoisotopic (exact) mass is 320 g/mol. The lowest BCUT2D eigenvalue weighted by Crippen LogP contribution is -2.19. The van der Waals surface area contributed by atoms with Gasteiger partial charge in [0.15, 0.2) is 0 Å². The van der Waals surface area contributed by atoms with Crippen molar-refractivity contribution in [3.63, 3.8) is 0 Å². The van der Waals surface area contributed by atoms with Crippen LogP contribution < -0.4 is 10.6 Å². The van der Waals surface area contributed by atoms with E-state index in [0.29, 0.717) is 5.69 Å². The van der Waals surface area contributed by atoms with Crippen LogP contribution in [0.1, 0.15) is 27.9 Å². The third-order valence-corrected chi connectivity index (χ3v) is 3.78. The van der Waals surface area contributed by atoms with Gasteiger partial charge in [0.1, 0.15) is 0 Å². The van der Waals surface area contributed by atoms with Gasteiger partial charge < -0.3 is 10.6 Å². The number of halogens is 3. The number of carbonyl (C=O) groups is 1. The molecule has 1 amide bonds. The molecule has 0 aromatic heterocycles. The minimum atomic E-state index is -4.56. The zero-order chi connectivity index (χ0) is 16.4. The Morgan fingerprint density at radius 3 is 2.70 bits per heavy atom. The highest BCUT2D eigenvalue weighted by Gasteiger charge is 2.34. The summed E-state index contributed by atoms with van der Waals surface area (Å²) in [4.78, 5) is 12.2. The number of rotatable bonds is 2. The van der Waals surface area contributed by atoms with Gasteiger partial charge in [-0.1, -0.05) is 18.2 Å². The van der Waals surface area contributed by atoms with E-state index in [4.69, 9.17) is 0 Å². The molecule has 6 heteroatoms. The van der Waals surface area contributed by atoms with Crippen LogP contribution in [-0.4, -0.2) is 12.5 Å². The largest absolute Gasteiger partial charge is 0.417 e. The predicted octanol–water partition coefficient (Wildman–Crippen LogP) is 4.32. The van der Waals surface area contributed by atoms with E-state index in [1.165, 1.54) is 18.2 Å². The first-order valence-electron chi connectivity index (χ1n) is 7.29. The molecular formula is C17H15F3N2O. The molecule has 0 radical (unpaired) electrons. The Morgan fingerprint density at radius 2 is 1.91 bits per heavy atom. The van der Waals surface area contributed by atoms with Crippen LogP contribution in [-0.2, 0) is 12.6 Å². The van der Waals surface area contributed by atoms with Crippen molar-refractivity contribution < 1.29 is 18.0 Å². The summed E-state index contributed by atoms with van der Waals surface area (Å²) in [5.74, 6) is -0.770. The molecule has 2 aromatic carbocycles. The number of hydrogen-bond acceptors (Lipinski definition) is 2. The third kappa shape index (κ3) is 3.31. The summed E-state index contributed by atoms with van der Waals surface area (Å²) < 4.78 is 38.9. The molecule has 0 unspecified atom stereocenters. The highest BCUT2D eigenvalue weighted by Crippen LogP contribution is 2.32. The van der Waals surface area contributed by atoms with Gasteiger partial charge in [-0.2, -0.15) is 13.2 Å². The summed E-state index contributed by atoms with van der Waals surface area (Å²) in [6.07, 6.45) is -2.57. The number of hydrogen-bond donors (Lipinski definition) is 2. The van der Waals surface area contributed by atoms with Crippen LogP contribution in [0.15, 0.2) is 42.5 Å². The molecule has 0 fully saturated rings. The maximum atomic E-state index is 13.0. The molecule has 1 aliphatic rings. The van der Waals surface area contributed by atoms with Gasteiger partial charge in [-0.25, -0.2) is 0 Å². The third-order valence-electron chi connectivity index (χ3n) is 3.78. The topological polar surface area (TPSA) is 41.1 Å². The number of amides is 1. The second-order valence-electron chi connectivity index (χ2n) is 5.40. The molecule has 2 N–H and O–H groups in total. The van der Waals surface area contributed by atoms with E-state index in [2.05, 4.69) is 10.6 Å². The van der Waals surface area contributed by atoms with Gasteiger partial charge in [0.05, 0.1) is 11.1 Å². The fourth-order valence-corrected chi connectivity index (χ4v) is 2.67. The second kappa shape index (κ2) is 5.95. The van der Waals surface area contributed by atoms with Gasteiger partial charge >= 0.3 is 6.18 Å². The quantitative estimate of drug-likeness (QED) is 0.865. The van der Waals surface area contributed by atoms with Crippen molar-refractivity contribution in [3.8, 4) is 0 Å². The van der Waals surface area contributed by atoms with Gasteiger partial charge in [-0.05, 0) is 42.7 Å². The Kier molecular flexibility index (Phi) is 3.98. The van der Waals surface area contributed by atoms with Crippen LogP contribution in [0.25, 0.3) is 0 Å². The molecule has 120 valence electrons. The normalized spacial score (nSPS) is 13.9. The number of fused-ring (bicyclic) bond motifs is 1.